The lowest BCUT2D eigenvalue weighted by Crippen LogP contribution is -2.26. The van der Waals surface area contributed by atoms with Crippen molar-refractivity contribution >= 4 is 28.3 Å². The van der Waals surface area contributed by atoms with Crippen LogP contribution in [0.25, 0.3) is 27.3 Å². The molecule has 33 heavy (non-hydrogen) atoms. The predicted molar refractivity (Wildman–Crippen MR) is 131 cm³/mol. The van der Waals surface area contributed by atoms with Crippen molar-refractivity contribution in [1.29, 1.82) is 0 Å². The highest BCUT2D eigenvalue weighted by molar-refractivity contribution is 7.13. The summed E-state index contributed by atoms with van der Waals surface area (Å²) in [6, 6.07) is 16.0. The van der Waals surface area contributed by atoms with Crippen molar-refractivity contribution in [2.45, 2.75) is 26.3 Å². The molecule has 0 radical (unpaired) electrons. The van der Waals surface area contributed by atoms with E-state index in [2.05, 4.69) is 29.4 Å². The molecule has 1 N–H and O–H groups in total. The smallest absolute Gasteiger partial charge is 0.252 e. The molecule has 1 amide bonds. The number of pyridine rings is 1. The lowest BCUT2D eigenvalue weighted by molar-refractivity contribution is 0.0955. The first-order chi connectivity index (χ1) is 16.1. The summed E-state index contributed by atoms with van der Waals surface area (Å²) in [5.74, 6) is -0.126. The van der Waals surface area contributed by atoms with E-state index in [1.807, 2.05) is 75.7 Å². The molecule has 1 aromatic carbocycles. The lowest BCUT2D eigenvalue weighted by atomic mass is 10.1. The summed E-state index contributed by atoms with van der Waals surface area (Å²) in [6.07, 6.45) is 6.26. The quantitative estimate of drug-likeness (QED) is 0.378. The molecule has 0 saturated heterocycles. The van der Waals surface area contributed by atoms with Crippen LogP contribution in [0, 0.1) is 0 Å². The van der Waals surface area contributed by atoms with Gasteiger partial charge in [-0.05, 0) is 55.5 Å². The van der Waals surface area contributed by atoms with Crippen LogP contribution in [0.3, 0.4) is 0 Å². The van der Waals surface area contributed by atoms with Crippen molar-refractivity contribution in [1.82, 2.24) is 29.9 Å². The third-order valence-electron chi connectivity index (χ3n) is 5.43. The van der Waals surface area contributed by atoms with E-state index in [1.54, 1.807) is 17.5 Å². The van der Waals surface area contributed by atoms with Crippen molar-refractivity contribution in [3.05, 3.63) is 83.6 Å². The van der Waals surface area contributed by atoms with Gasteiger partial charge in [0.25, 0.3) is 5.91 Å². The number of fused-ring (bicyclic) bond motifs is 1. The standard InChI is InChI=1S/C25H24N6OS/c1-17(2)31-24-21(15-28-31)20(13-22(29-24)23-9-6-12-33-23)25(32)26-11-10-18-14-27-30(16-18)19-7-4-3-5-8-19/h3-9,12-17H,10-11H2,1-2H3,(H,26,32). The second-order valence-electron chi connectivity index (χ2n) is 8.09. The number of rotatable bonds is 7. The fourth-order valence-corrected chi connectivity index (χ4v) is 4.45. The minimum atomic E-state index is -0.126. The summed E-state index contributed by atoms with van der Waals surface area (Å²) in [4.78, 5) is 19.0. The highest BCUT2D eigenvalue weighted by Crippen LogP contribution is 2.28. The summed E-state index contributed by atoms with van der Waals surface area (Å²) in [7, 11) is 0. The van der Waals surface area contributed by atoms with Crippen LogP contribution in [-0.4, -0.2) is 37.0 Å². The first kappa shape index (κ1) is 21.1. The summed E-state index contributed by atoms with van der Waals surface area (Å²) in [5.41, 5.74) is 4.18. The Labute approximate surface area is 195 Å². The van der Waals surface area contributed by atoms with Crippen LogP contribution in [0.15, 0.2) is 72.5 Å². The van der Waals surface area contributed by atoms with Crippen LogP contribution in [0.1, 0.15) is 35.8 Å². The van der Waals surface area contributed by atoms with Crippen LogP contribution >= 0.6 is 11.3 Å². The maximum absolute atomic E-state index is 13.2. The molecule has 0 spiro atoms. The summed E-state index contributed by atoms with van der Waals surface area (Å²) in [5, 5.41) is 14.7. The topological polar surface area (TPSA) is 77.6 Å². The van der Waals surface area contributed by atoms with Crippen LogP contribution < -0.4 is 5.32 Å². The molecular weight excluding hydrogens is 432 g/mol. The van der Waals surface area contributed by atoms with E-state index in [9.17, 15) is 4.79 Å². The zero-order valence-corrected chi connectivity index (χ0v) is 19.3. The number of benzene rings is 1. The van der Waals surface area contributed by atoms with Crippen LogP contribution in [0.4, 0.5) is 0 Å². The van der Waals surface area contributed by atoms with E-state index in [0.29, 0.717) is 18.5 Å². The number of carbonyl (C=O) groups excluding carboxylic acids is 1. The molecule has 5 rings (SSSR count). The fourth-order valence-electron chi connectivity index (χ4n) is 3.76. The molecule has 0 bridgehead atoms. The molecule has 0 aliphatic carbocycles. The van der Waals surface area contributed by atoms with Crippen molar-refractivity contribution in [3.8, 4) is 16.3 Å². The maximum Gasteiger partial charge on any atom is 0.252 e. The predicted octanol–water partition coefficient (Wildman–Crippen LogP) is 4.90. The average Bonchev–Trinajstić information content (AvgIpc) is 3.59. The van der Waals surface area contributed by atoms with Gasteiger partial charge in [-0.1, -0.05) is 24.3 Å². The number of aromatic nitrogens is 5. The van der Waals surface area contributed by atoms with Gasteiger partial charge in [-0.2, -0.15) is 10.2 Å². The summed E-state index contributed by atoms with van der Waals surface area (Å²) < 4.78 is 3.71. The molecule has 0 aliphatic heterocycles. The van der Waals surface area contributed by atoms with E-state index in [0.717, 1.165) is 32.9 Å². The number of thiophene rings is 1. The number of nitrogens with zero attached hydrogens (tertiary/aromatic N) is 5. The highest BCUT2D eigenvalue weighted by Gasteiger charge is 2.18. The monoisotopic (exact) mass is 456 g/mol. The van der Waals surface area contributed by atoms with Gasteiger partial charge >= 0.3 is 0 Å². The number of hydrogen-bond donors (Lipinski definition) is 1. The van der Waals surface area contributed by atoms with Crippen LogP contribution in [0.5, 0.6) is 0 Å². The number of nitrogens with one attached hydrogen (secondary N) is 1. The lowest BCUT2D eigenvalue weighted by Gasteiger charge is -2.10. The average molecular weight is 457 g/mol. The molecule has 4 aromatic heterocycles. The minimum Gasteiger partial charge on any atom is -0.352 e. The van der Waals surface area contributed by atoms with E-state index in [1.165, 1.54) is 0 Å². The van der Waals surface area contributed by atoms with Crippen LogP contribution in [0.2, 0.25) is 0 Å². The van der Waals surface area contributed by atoms with E-state index in [4.69, 9.17) is 4.98 Å². The zero-order chi connectivity index (χ0) is 22.8. The Hall–Kier alpha value is -3.78. The van der Waals surface area contributed by atoms with Crippen molar-refractivity contribution in [2.24, 2.45) is 0 Å². The third kappa shape index (κ3) is 4.29. The van der Waals surface area contributed by atoms with Gasteiger partial charge in [0, 0.05) is 18.8 Å². The first-order valence-corrected chi connectivity index (χ1v) is 11.8. The van der Waals surface area contributed by atoms with Gasteiger partial charge in [-0.25, -0.2) is 14.3 Å². The molecule has 0 fully saturated rings. The fraction of sp³-hybridized carbons (Fsp3) is 0.200. The molecule has 0 atom stereocenters. The van der Waals surface area contributed by atoms with Gasteiger partial charge in [0.15, 0.2) is 5.65 Å². The Morgan fingerprint density at radius 2 is 1.94 bits per heavy atom. The minimum absolute atomic E-state index is 0.126. The third-order valence-corrected chi connectivity index (χ3v) is 6.32. The van der Waals surface area contributed by atoms with Crippen molar-refractivity contribution < 1.29 is 4.79 Å². The Morgan fingerprint density at radius 1 is 1.09 bits per heavy atom. The summed E-state index contributed by atoms with van der Waals surface area (Å²) >= 11 is 1.60. The van der Waals surface area contributed by atoms with Crippen molar-refractivity contribution in [3.63, 3.8) is 0 Å². The Kier molecular flexibility index (Phi) is 5.75. The SMILES string of the molecule is CC(C)n1ncc2c(C(=O)NCCc3cnn(-c4ccccc4)c3)cc(-c3cccs3)nc21. The molecule has 166 valence electrons. The zero-order valence-electron chi connectivity index (χ0n) is 18.5. The van der Waals surface area contributed by atoms with Crippen molar-refractivity contribution in [2.75, 3.05) is 6.54 Å². The van der Waals surface area contributed by atoms with Gasteiger partial charge in [0.2, 0.25) is 0 Å². The van der Waals surface area contributed by atoms with Gasteiger partial charge in [-0.3, -0.25) is 4.79 Å². The highest BCUT2D eigenvalue weighted by atomic mass is 32.1. The number of carbonyl (C=O) groups is 1. The Bertz CT molecular complexity index is 1390. The van der Waals surface area contributed by atoms with Gasteiger partial charge in [-0.15, -0.1) is 11.3 Å². The van der Waals surface area contributed by atoms with Gasteiger partial charge in [0.1, 0.15) is 0 Å². The largest absolute Gasteiger partial charge is 0.352 e. The van der Waals surface area contributed by atoms with Crippen LogP contribution in [-0.2, 0) is 6.42 Å². The first-order valence-electron chi connectivity index (χ1n) is 10.9. The second kappa shape index (κ2) is 8.99. The maximum atomic E-state index is 13.2. The molecular formula is C25H24N6OS. The number of amides is 1. The molecule has 0 aliphatic rings. The molecule has 5 aromatic rings. The second-order valence-corrected chi connectivity index (χ2v) is 9.03. The Morgan fingerprint density at radius 3 is 2.70 bits per heavy atom. The molecule has 7 nitrogen and oxygen atoms in total. The number of hydrogen-bond acceptors (Lipinski definition) is 5. The van der Waals surface area contributed by atoms with Gasteiger partial charge in [0.05, 0.1) is 39.6 Å². The molecule has 8 heteroatoms. The number of para-hydroxylation sites is 1. The van der Waals surface area contributed by atoms with E-state index < -0.39 is 0 Å². The summed E-state index contributed by atoms with van der Waals surface area (Å²) in [6.45, 7) is 4.62. The Balaban J connectivity index is 1.36. The van der Waals surface area contributed by atoms with Gasteiger partial charge < -0.3 is 5.32 Å². The molecule has 4 heterocycles. The molecule has 0 unspecified atom stereocenters. The molecule has 0 saturated carbocycles. The van der Waals surface area contributed by atoms with E-state index >= 15 is 0 Å². The normalized spacial score (nSPS) is 11.4. The van der Waals surface area contributed by atoms with E-state index in [-0.39, 0.29) is 11.9 Å².